The van der Waals surface area contributed by atoms with Gasteiger partial charge in [-0.15, -0.1) is 0 Å². The van der Waals surface area contributed by atoms with Crippen molar-refractivity contribution >= 4 is 5.97 Å². The van der Waals surface area contributed by atoms with Crippen molar-refractivity contribution in [3.8, 4) is 0 Å². The van der Waals surface area contributed by atoms with Gasteiger partial charge in [-0.3, -0.25) is 4.79 Å². The number of rotatable bonds is 12. The van der Waals surface area contributed by atoms with Crippen molar-refractivity contribution in [2.75, 3.05) is 34.8 Å². The largest absolute Gasteiger partial charge is 0.469 e. The molecule has 0 N–H and O–H groups in total. The molecule has 0 aliphatic heterocycles. The number of hydrogen-bond acceptors (Lipinski definition) is 2. The van der Waals surface area contributed by atoms with Crippen LogP contribution >= 0.6 is 0 Å². The molecule has 0 amide bonds. The molecule has 0 aromatic carbocycles. The Balaban J connectivity index is 3.09. The smallest absolute Gasteiger partial charge is 0.305 e. The third-order valence-electron chi connectivity index (χ3n) is 3.44. The molecule has 0 heterocycles. The average Bonchev–Trinajstić information content (AvgIpc) is 2.34. The lowest BCUT2D eigenvalue weighted by Crippen LogP contribution is -2.35. The number of esters is 1. The molecule has 0 aromatic heterocycles. The van der Waals surface area contributed by atoms with Crippen LogP contribution in [0.2, 0.25) is 0 Å². The minimum Gasteiger partial charge on any atom is -0.469 e. The molecular formula is C16H34NO2+. The number of ether oxygens (including phenoxy) is 1. The van der Waals surface area contributed by atoms with Crippen molar-refractivity contribution in [3.05, 3.63) is 0 Å². The van der Waals surface area contributed by atoms with Gasteiger partial charge in [-0.05, 0) is 19.3 Å². The van der Waals surface area contributed by atoms with E-state index in [1.807, 2.05) is 0 Å². The molecule has 0 saturated carbocycles. The number of carbonyl (C=O) groups excluding carboxylic acids is 1. The highest BCUT2D eigenvalue weighted by Gasteiger charge is 2.05. The Kier molecular flexibility index (Phi) is 10.9. The molecule has 0 spiro atoms. The predicted octanol–water partition coefficient (Wildman–Crippen LogP) is 3.77. The molecular weight excluding hydrogens is 238 g/mol. The lowest BCUT2D eigenvalue weighted by atomic mass is 10.1. The van der Waals surface area contributed by atoms with E-state index in [-0.39, 0.29) is 5.97 Å². The van der Waals surface area contributed by atoms with Gasteiger partial charge in [0.05, 0.1) is 34.8 Å². The standard InChI is InChI=1S/C16H34NO2/c1-17(2,3)15-13-11-9-7-5-6-8-10-12-14-16(18)19-4/h5-15H2,1-4H3/q+1. The molecule has 0 fully saturated rings. The van der Waals surface area contributed by atoms with Crippen molar-refractivity contribution in [1.82, 2.24) is 0 Å². The van der Waals surface area contributed by atoms with E-state index in [2.05, 4.69) is 25.9 Å². The van der Waals surface area contributed by atoms with Gasteiger partial charge >= 0.3 is 5.97 Å². The van der Waals surface area contributed by atoms with Crippen LogP contribution in [0.15, 0.2) is 0 Å². The molecule has 0 bridgehead atoms. The van der Waals surface area contributed by atoms with Crippen molar-refractivity contribution < 1.29 is 14.0 Å². The van der Waals surface area contributed by atoms with Gasteiger partial charge in [0.1, 0.15) is 0 Å². The van der Waals surface area contributed by atoms with Crippen LogP contribution in [0, 0.1) is 0 Å². The van der Waals surface area contributed by atoms with Crippen LogP contribution in [0.3, 0.4) is 0 Å². The molecule has 3 heteroatoms. The molecule has 3 nitrogen and oxygen atoms in total. The molecule has 0 aliphatic rings. The maximum Gasteiger partial charge on any atom is 0.305 e. The number of hydrogen-bond donors (Lipinski definition) is 0. The number of nitrogens with zero attached hydrogens (tertiary/aromatic N) is 1. The third kappa shape index (κ3) is 15.4. The first-order chi connectivity index (χ1) is 8.95. The van der Waals surface area contributed by atoms with Gasteiger partial charge in [-0.25, -0.2) is 0 Å². The van der Waals surface area contributed by atoms with E-state index in [0.29, 0.717) is 6.42 Å². The van der Waals surface area contributed by atoms with E-state index in [1.54, 1.807) is 0 Å². The topological polar surface area (TPSA) is 26.3 Å². The van der Waals surface area contributed by atoms with Gasteiger partial charge < -0.3 is 9.22 Å². The molecule has 114 valence electrons. The van der Waals surface area contributed by atoms with Gasteiger partial charge in [0, 0.05) is 6.42 Å². The Bertz CT molecular complexity index is 221. The minimum absolute atomic E-state index is 0.0720. The molecule has 0 aromatic rings. The van der Waals surface area contributed by atoms with Crippen LogP contribution in [-0.2, 0) is 9.53 Å². The lowest BCUT2D eigenvalue weighted by Gasteiger charge is -2.23. The Morgan fingerprint density at radius 3 is 1.63 bits per heavy atom. The molecule has 0 atom stereocenters. The van der Waals surface area contributed by atoms with E-state index in [4.69, 9.17) is 0 Å². The minimum atomic E-state index is -0.0720. The highest BCUT2D eigenvalue weighted by atomic mass is 16.5. The maximum absolute atomic E-state index is 10.9. The van der Waals surface area contributed by atoms with E-state index in [1.165, 1.54) is 58.6 Å². The Morgan fingerprint density at radius 2 is 1.21 bits per heavy atom. The Labute approximate surface area is 119 Å². The Hall–Kier alpha value is -0.570. The molecule has 0 rings (SSSR count). The number of quaternary nitrogens is 1. The zero-order chi connectivity index (χ0) is 14.6. The van der Waals surface area contributed by atoms with Crippen LogP contribution in [-0.4, -0.2) is 45.2 Å². The molecule has 19 heavy (non-hydrogen) atoms. The van der Waals surface area contributed by atoms with E-state index in [0.717, 1.165) is 17.3 Å². The maximum atomic E-state index is 10.9. The number of carbonyl (C=O) groups is 1. The summed E-state index contributed by atoms with van der Waals surface area (Å²) in [7, 11) is 8.23. The summed E-state index contributed by atoms with van der Waals surface area (Å²) in [6.07, 6.45) is 12.1. The lowest BCUT2D eigenvalue weighted by molar-refractivity contribution is -0.870. The molecule has 0 saturated heterocycles. The van der Waals surface area contributed by atoms with Crippen molar-refractivity contribution in [2.24, 2.45) is 0 Å². The normalized spacial score (nSPS) is 11.6. The fraction of sp³-hybridized carbons (Fsp3) is 0.938. The van der Waals surface area contributed by atoms with Crippen molar-refractivity contribution in [3.63, 3.8) is 0 Å². The second-order valence-electron chi connectivity index (χ2n) is 6.52. The SMILES string of the molecule is COC(=O)CCCCCCCCCCC[N+](C)(C)C. The summed E-state index contributed by atoms with van der Waals surface area (Å²) in [5.41, 5.74) is 0. The van der Waals surface area contributed by atoms with Gasteiger partial charge in [0.2, 0.25) is 0 Å². The second kappa shape index (κ2) is 11.3. The van der Waals surface area contributed by atoms with Gasteiger partial charge in [0.15, 0.2) is 0 Å². The molecule has 0 aliphatic carbocycles. The van der Waals surface area contributed by atoms with Gasteiger partial charge in [-0.1, -0.05) is 38.5 Å². The van der Waals surface area contributed by atoms with Crippen LogP contribution in [0.1, 0.15) is 64.2 Å². The van der Waals surface area contributed by atoms with Crippen molar-refractivity contribution in [2.45, 2.75) is 64.2 Å². The number of methoxy groups -OCH3 is 1. The monoisotopic (exact) mass is 272 g/mol. The van der Waals surface area contributed by atoms with Crippen LogP contribution in [0.4, 0.5) is 0 Å². The quantitative estimate of drug-likeness (QED) is 0.307. The number of unbranched alkanes of at least 4 members (excludes halogenated alkanes) is 8. The summed E-state index contributed by atoms with van der Waals surface area (Å²) in [6.45, 7) is 1.29. The highest BCUT2D eigenvalue weighted by molar-refractivity contribution is 5.68. The van der Waals surface area contributed by atoms with Gasteiger partial charge in [0.25, 0.3) is 0 Å². The van der Waals surface area contributed by atoms with Crippen LogP contribution in [0.5, 0.6) is 0 Å². The first-order valence-corrected chi connectivity index (χ1v) is 7.83. The fourth-order valence-electron chi connectivity index (χ4n) is 2.19. The highest BCUT2D eigenvalue weighted by Crippen LogP contribution is 2.11. The summed E-state index contributed by atoms with van der Waals surface area (Å²) >= 11 is 0. The summed E-state index contributed by atoms with van der Waals surface area (Å²) < 4.78 is 5.70. The second-order valence-corrected chi connectivity index (χ2v) is 6.52. The first kappa shape index (κ1) is 18.4. The third-order valence-corrected chi connectivity index (χ3v) is 3.44. The van der Waals surface area contributed by atoms with Crippen molar-refractivity contribution in [1.29, 1.82) is 0 Å². The predicted molar refractivity (Wildman–Crippen MR) is 81.1 cm³/mol. The summed E-state index contributed by atoms with van der Waals surface area (Å²) in [6, 6.07) is 0. The zero-order valence-corrected chi connectivity index (χ0v) is 13.5. The zero-order valence-electron chi connectivity index (χ0n) is 13.5. The van der Waals surface area contributed by atoms with E-state index >= 15 is 0 Å². The Morgan fingerprint density at radius 1 is 0.789 bits per heavy atom. The molecule has 0 unspecified atom stereocenters. The van der Waals surface area contributed by atoms with E-state index in [9.17, 15) is 4.79 Å². The first-order valence-electron chi connectivity index (χ1n) is 7.83. The van der Waals surface area contributed by atoms with Crippen LogP contribution < -0.4 is 0 Å². The van der Waals surface area contributed by atoms with Crippen LogP contribution in [0.25, 0.3) is 0 Å². The fourth-order valence-corrected chi connectivity index (χ4v) is 2.19. The summed E-state index contributed by atoms with van der Waals surface area (Å²) in [4.78, 5) is 10.9. The van der Waals surface area contributed by atoms with E-state index < -0.39 is 0 Å². The summed E-state index contributed by atoms with van der Waals surface area (Å²) in [5.74, 6) is -0.0720. The molecule has 0 radical (unpaired) electrons. The average molecular weight is 272 g/mol. The van der Waals surface area contributed by atoms with Gasteiger partial charge in [-0.2, -0.15) is 0 Å². The summed E-state index contributed by atoms with van der Waals surface area (Å²) in [5, 5.41) is 0.